The molecule has 2 nitrogen and oxygen atoms in total. The van der Waals surface area contributed by atoms with Crippen molar-refractivity contribution in [1.82, 2.24) is 9.13 Å². The average molecular weight is 725 g/mol. The maximum absolute atomic E-state index is 2.88. The summed E-state index contributed by atoms with van der Waals surface area (Å²) in [5, 5.41) is 3.68. The Kier molecular flexibility index (Phi) is 9.87. The van der Waals surface area contributed by atoms with Gasteiger partial charge in [0.1, 0.15) is 0 Å². The van der Waals surface area contributed by atoms with E-state index in [0.29, 0.717) is 0 Å². The van der Waals surface area contributed by atoms with Gasteiger partial charge >= 0.3 is 181 Å². The van der Waals surface area contributed by atoms with Crippen LogP contribution in [0.1, 0.15) is 38.5 Å². The van der Waals surface area contributed by atoms with Crippen molar-refractivity contribution in [3.63, 3.8) is 0 Å². The van der Waals surface area contributed by atoms with E-state index in [2.05, 4.69) is 59.6 Å². The first kappa shape index (κ1) is 26.4. The van der Waals surface area contributed by atoms with Gasteiger partial charge < -0.3 is 0 Å². The molecule has 2 saturated heterocycles. The van der Waals surface area contributed by atoms with Crippen LogP contribution in [0.4, 0.5) is 0 Å². The molecule has 29 heavy (non-hydrogen) atoms. The van der Waals surface area contributed by atoms with Gasteiger partial charge in [-0.25, -0.2) is 0 Å². The predicted molar refractivity (Wildman–Crippen MR) is 139 cm³/mol. The van der Waals surface area contributed by atoms with E-state index in [-0.39, 0.29) is 34.0 Å². The van der Waals surface area contributed by atoms with E-state index in [9.17, 15) is 0 Å². The molecule has 0 aromatic rings. The van der Waals surface area contributed by atoms with Crippen LogP contribution in [-0.2, 0) is 22.9 Å². The molecular weight excluding hydrogens is 687 g/mol. The zero-order valence-corrected chi connectivity index (χ0v) is 27.6. The van der Waals surface area contributed by atoms with Crippen molar-refractivity contribution in [3.8, 4) is 0 Å². The molecule has 4 rings (SSSR count). The first-order chi connectivity index (χ1) is 12.9. The first-order valence-corrected chi connectivity index (χ1v) is 20.5. The van der Waals surface area contributed by atoms with E-state index in [0.717, 1.165) is 0 Å². The summed E-state index contributed by atoms with van der Waals surface area (Å²) in [6.07, 6.45) is 18.3. The normalized spacial score (nSPS) is 23.2. The molecule has 0 aromatic carbocycles. The molecule has 162 valence electrons. The summed E-state index contributed by atoms with van der Waals surface area (Å²) in [7, 11) is -2.87. The number of halogens is 2. The fourth-order valence-electron chi connectivity index (χ4n) is 5.47. The molecule has 0 N–H and O–H groups in total. The van der Waals surface area contributed by atoms with E-state index in [1.54, 1.807) is 0 Å². The third kappa shape index (κ3) is 5.39. The second kappa shape index (κ2) is 10.8. The van der Waals surface area contributed by atoms with Gasteiger partial charge in [-0.3, -0.25) is 0 Å². The molecular formula is C22H38Br2HfN2Si2. The molecule has 0 saturated carbocycles. The molecule has 0 spiro atoms. The maximum atomic E-state index is 2.88. The molecule has 7 heteroatoms. The summed E-state index contributed by atoms with van der Waals surface area (Å²) in [6.45, 7) is 15.9. The molecule has 0 atom stereocenters. The standard InChI is InChI=1S/2C11H18NSi.2BrH.Hf/c2*1-13(2,11-7-3-4-8-11)12-9-5-6-10-12;;;/h2*3,7H,4-6,9-10H2,1-2H3;2*1H;. The Balaban J connectivity index is 0.00000150. The van der Waals surface area contributed by atoms with Gasteiger partial charge in [0.25, 0.3) is 0 Å². The van der Waals surface area contributed by atoms with Crippen LogP contribution in [-0.4, -0.2) is 51.8 Å². The molecule has 0 amide bonds. The first-order valence-electron chi connectivity index (χ1n) is 11.0. The molecule has 4 aliphatic rings. The zero-order chi connectivity index (χ0) is 19.1. The van der Waals surface area contributed by atoms with Crippen LogP contribution in [0, 0.1) is 0 Å². The van der Waals surface area contributed by atoms with Crippen molar-refractivity contribution in [2.24, 2.45) is 0 Å². The van der Waals surface area contributed by atoms with Gasteiger partial charge in [0.2, 0.25) is 0 Å². The molecule has 2 aliphatic heterocycles. The van der Waals surface area contributed by atoms with Gasteiger partial charge in [-0.1, -0.05) is 0 Å². The van der Waals surface area contributed by atoms with Crippen molar-refractivity contribution < 1.29 is 22.9 Å². The van der Waals surface area contributed by atoms with Crippen molar-refractivity contribution >= 4 is 50.4 Å². The van der Waals surface area contributed by atoms with E-state index in [1.807, 2.05) is 17.1 Å². The van der Waals surface area contributed by atoms with Crippen LogP contribution in [0.3, 0.4) is 0 Å². The zero-order valence-electron chi connectivity index (χ0n) is 18.6. The van der Waals surface area contributed by atoms with E-state index in [1.165, 1.54) is 64.7 Å². The number of nitrogens with zero attached hydrogens (tertiary/aromatic N) is 2. The number of hydrogen-bond acceptors (Lipinski definition) is 2. The number of rotatable bonds is 6. The Bertz CT molecular complexity index is 656. The Morgan fingerprint density at radius 2 is 1.00 bits per heavy atom. The van der Waals surface area contributed by atoms with Gasteiger partial charge in [-0.15, -0.1) is 34.0 Å². The minimum absolute atomic E-state index is 0. The summed E-state index contributed by atoms with van der Waals surface area (Å²) >= 11 is -0.905. The fraction of sp³-hybridized carbons (Fsp3) is 0.636. The van der Waals surface area contributed by atoms with Gasteiger partial charge in [-0.05, 0) is 0 Å². The van der Waals surface area contributed by atoms with Gasteiger partial charge in [0.05, 0.1) is 0 Å². The SMILES string of the molecule is Br.Br.C[Si](C)(C1=[C]([Hf][C]2=C([Si](C)(C)N3CCCC3)C=CC2)CC=C1)N1CCCC1. The third-order valence-corrected chi connectivity index (χ3v) is 22.3. The van der Waals surface area contributed by atoms with Gasteiger partial charge in [0, 0.05) is 0 Å². The predicted octanol–water partition coefficient (Wildman–Crippen LogP) is 6.33. The Morgan fingerprint density at radius 1 is 0.655 bits per heavy atom. The second-order valence-electron chi connectivity index (χ2n) is 9.63. The van der Waals surface area contributed by atoms with Crippen molar-refractivity contribution in [3.05, 3.63) is 41.4 Å². The summed E-state index contributed by atoms with van der Waals surface area (Å²) in [4.78, 5) is 0. The Hall–Kier alpha value is 1.14. The molecule has 0 unspecified atom stereocenters. The summed E-state index contributed by atoms with van der Waals surface area (Å²) in [5.41, 5.74) is 0. The van der Waals surface area contributed by atoms with Crippen molar-refractivity contribution in [2.45, 2.75) is 64.7 Å². The van der Waals surface area contributed by atoms with Crippen LogP contribution < -0.4 is 0 Å². The van der Waals surface area contributed by atoms with Gasteiger partial charge in [-0.2, -0.15) is 0 Å². The van der Waals surface area contributed by atoms with E-state index < -0.39 is 39.4 Å². The summed E-state index contributed by atoms with van der Waals surface area (Å²) in [6, 6.07) is 0. The number of hydrogen-bond donors (Lipinski definition) is 0. The molecule has 2 aliphatic carbocycles. The minimum atomic E-state index is -1.43. The molecule has 2 fully saturated rings. The van der Waals surface area contributed by atoms with Crippen LogP contribution in [0.15, 0.2) is 41.4 Å². The fourth-order valence-corrected chi connectivity index (χ4v) is 23.8. The summed E-state index contributed by atoms with van der Waals surface area (Å²) < 4.78 is 9.65. The van der Waals surface area contributed by atoms with Crippen molar-refractivity contribution in [2.75, 3.05) is 26.2 Å². The third-order valence-electron chi connectivity index (χ3n) is 7.28. The van der Waals surface area contributed by atoms with Crippen LogP contribution in [0.5, 0.6) is 0 Å². The molecule has 2 heterocycles. The topological polar surface area (TPSA) is 6.48 Å². The van der Waals surface area contributed by atoms with E-state index in [4.69, 9.17) is 0 Å². The van der Waals surface area contributed by atoms with Crippen LogP contribution in [0.2, 0.25) is 26.2 Å². The Labute approximate surface area is 213 Å². The second-order valence-corrected chi connectivity index (χ2v) is 23.4. The average Bonchev–Trinajstić information content (AvgIpc) is 3.40. The summed E-state index contributed by atoms with van der Waals surface area (Å²) in [5.74, 6) is 0. The quantitative estimate of drug-likeness (QED) is 0.296. The Morgan fingerprint density at radius 3 is 1.34 bits per heavy atom. The molecule has 0 bridgehead atoms. The number of allylic oxidation sites excluding steroid dienone is 8. The van der Waals surface area contributed by atoms with E-state index >= 15 is 0 Å². The monoisotopic (exact) mass is 724 g/mol. The molecule has 0 radical (unpaired) electrons. The molecule has 0 aromatic heterocycles. The van der Waals surface area contributed by atoms with Crippen LogP contribution in [0.25, 0.3) is 0 Å². The van der Waals surface area contributed by atoms with Gasteiger partial charge in [0.15, 0.2) is 0 Å². The van der Waals surface area contributed by atoms with Crippen molar-refractivity contribution in [1.29, 1.82) is 0 Å². The van der Waals surface area contributed by atoms with Crippen LogP contribution >= 0.6 is 34.0 Å².